The molecule has 0 spiro atoms. The Balaban J connectivity index is 1.51. The second-order valence-electron chi connectivity index (χ2n) is 6.82. The minimum atomic E-state index is -0.0690. The minimum absolute atomic E-state index is 0.00170. The highest BCUT2D eigenvalue weighted by atomic mass is 16.5. The van der Waals surface area contributed by atoms with E-state index in [1.807, 2.05) is 18.2 Å². The third-order valence-corrected chi connectivity index (χ3v) is 4.95. The van der Waals surface area contributed by atoms with Crippen LogP contribution >= 0.6 is 0 Å². The van der Waals surface area contributed by atoms with E-state index in [-0.39, 0.29) is 12.1 Å². The molecule has 24 heavy (non-hydrogen) atoms. The van der Waals surface area contributed by atoms with Gasteiger partial charge >= 0.3 is 6.03 Å². The maximum absolute atomic E-state index is 12.3. The van der Waals surface area contributed by atoms with Gasteiger partial charge in [0, 0.05) is 11.6 Å². The summed E-state index contributed by atoms with van der Waals surface area (Å²) in [5.41, 5.74) is 1.08. The van der Waals surface area contributed by atoms with Crippen molar-refractivity contribution in [1.29, 1.82) is 0 Å². The number of carbonyl (C=O) groups excluding carboxylic acids is 1. The first-order chi connectivity index (χ1) is 11.8. The van der Waals surface area contributed by atoms with E-state index >= 15 is 0 Å². The van der Waals surface area contributed by atoms with Crippen molar-refractivity contribution in [2.24, 2.45) is 0 Å². The Hall–Kier alpha value is -1.91. The van der Waals surface area contributed by atoms with Crippen molar-refractivity contribution in [2.45, 2.75) is 63.5 Å². The van der Waals surface area contributed by atoms with E-state index < -0.39 is 0 Å². The van der Waals surface area contributed by atoms with E-state index in [1.54, 1.807) is 7.11 Å². The molecule has 1 atom stereocenters. The fourth-order valence-electron chi connectivity index (χ4n) is 3.66. The van der Waals surface area contributed by atoms with Crippen LogP contribution < -0.4 is 20.1 Å². The van der Waals surface area contributed by atoms with Crippen molar-refractivity contribution >= 4 is 6.03 Å². The summed E-state index contributed by atoms with van der Waals surface area (Å²) in [7, 11) is 1.64. The Morgan fingerprint density at radius 3 is 2.54 bits per heavy atom. The Bertz CT molecular complexity index is 554. The number of rotatable bonds is 3. The Labute approximate surface area is 144 Å². The average Bonchev–Trinajstić information content (AvgIpc) is 2.56. The molecule has 1 heterocycles. The van der Waals surface area contributed by atoms with E-state index in [0.29, 0.717) is 12.6 Å². The number of fused-ring (bicyclic) bond motifs is 1. The number of benzene rings is 1. The summed E-state index contributed by atoms with van der Waals surface area (Å²) in [5.74, 6) is 1.56. The van der Waals surface area contributed by atoms with E-state index in [1.165, 1.54) is 32.1 Å². The maximum atomic E-state index is 12.3. The molecule has 2 amide bonds. The van der Waals surface area contributed by atoms with Crippen LogP contribution in [-0.2, 0) is 6.42 Å². The molecule has 0 bridgehead atoms. The van der Waals surface area contributed by atoms with Crippen LogP contribution in [0.15, 0.2) is 18.2 Å². The molecule has 1 unspecified atom stereocenters. The van der Waals surface area contributed by atoms with E-state index in [4.69, 9.17) is 9.47 Å². The van der Waals surface area contributed by atoms with Crippen LogP contribution in [0.3, 0.4) is 0 Å². The molecule has 2 aliphatic rings. The summed E-state index contributed by atoms with van der Waals surface area (Å²) in [6.45, 7) is 0.478. The van der Waals surface area contributed by atoms with Crippen LogP contribution in [0.2, 0.25) is 0 Å². The molecule has 1 saturated carbocycles. The van der Waals surface area contributed by atoms with Crippen LogP contribution in [0.1, 0.15) is 50.5 Å². The van der Waals surface area contributed by atoms with Crippen LogP contribution in [0, 0.1) is 0 Å². The molecular weight excluding hydrogens is 304 g/mol. The lowest BCUT2D eigenvalue weighted by Gasteiger charge is -2.28. The molecule has 2 N–H and O–H groups in total. The number of methoxy groups -OCH3 is 1. The number of nitrogens with one attached hydrogen (secondary N) is 2. The SMILES string of the molecule is COc1cccc2c1OCC(NC(=O)NC1CCCCCCC1)C2. The summed E-state index contributed by atoms with van der Waals surface area (Å²) in [6, 6.07) is 6.12. The monoisotopic (exact) mass is 332 g/mol. The Morgan fingerprint density at radius 1 is 1.08 bits per heavy atom. The topological polar surface area (TPSA) is 59.6 Å². The van der Waals surface area contributed by atoms with Crippen LogP contribution in [0.5, 0.6) is 11.5 Å². The number of hydrogen-bond acceptors (Lipinski definition) is 3. The van der Waals surface area contributed by atoms with Crippen molar-refractivity contribution in [3.63, 3.8) is 0 Å². The molecule has 3 rings (SSSR count). The van der Waals surface area contributed by atoms with Gasteiger partial charge in [-0.25, -0.2) is 4.79 Å². The number of hydrogen-bond donors (Lipinski definition) is 2. The smallest absolute Gasteiger partial charge is 0.315 e. The van der Waals surface area contributed by atoms with Crippen molar-refractivity contribution in [2.75, 3.05) is 13.7 Å². The largest absolute Gasteiger partial charge is 0.493 e. The minimum Gasteiger partial charge on any atom is -0.493 e. The molecule has 5 nitrogen and oxygen atoms in total. The van der Waals surface area contributed by atoms with Gasteiger partial charge < -0.3 is 20.1 Å². The standard InChI is InChI=1S/C19H28N2O3/c1-23-17-11-7-8-14-12-16(13-24-18(14)17)21-19(22)20-15-9-5-3-2-4-6-10-15/h7-8,11,15-16H,2-6,9-10,12-13H2,1H3,(H2,20,21,22). The lowest BCUT2D eigenvalue weighted by Crippen LogP contribution is -2.50. The average molecular weight is 332 g/mol. The fraction of sp³-hybridized carbons (Fsp3) is 0.632. The maximum Gasteiger partial charge on any atom is 0.315 e. The van der Waals surface area contributed by atoms with Crippen molar-refractivity contribution in [3.8, 4) is 11.5 Å². The molecule has 0 radical (unpaired) electrons. The molecule has 1 fully saturated rings. The fourth-order valence-corrected chi connectivity index (χ4v) is 3.66. The van der Waals surface area contributed by atoms with Gasteiger partial charge in [-0.05, 0) is 25.3 Å². The summed E-state index contributed by atoms with van der Waals surface area (Å²) >= 11 is 0. The van der Waals surface area contributed by atoms with Gasteiger partial charge in [0.15, 0.2) is 11.5 Å². The van der Waals surface area contributed by atoms with Crippen LogP contribution in [0.4, 0.5) is 4.79 Å². The van der Waals surface area contributed by atoms with Gasteiger partial charge in [0.25, 0.3) is 0 Å². The number of amides is 2. The first-order valence-corrected chi connectivity index (χ1v) is 9.12. The van der Waals surface area contributed by atoms with Crippen molar-refractivity contribution < 1.29 is 14.3 Å². The normalized spacial score (nSPS) is 21.6. The first-order valence-electron chi connectivity index (χ1n) is 9.12. The van der Waals surface area contributed by atoms with Gasteiger partial charge in [0.1, 0.15) is 6.61 Å². The molecule has 132 valence electrons. The van der Waals surface area contributed by atoms with E-state index in [0.717, 1.165) is 36.3 Å². The van der Waals surface area contributed by atoms with Crippen LogP contribution in [-0.4, -0.2) is 31.8 Å². The molecular formula is C19H28N2O3. The highest BCUT2D eigenvalue weighted by molar-refractivity contribution is 5.74. The van der Waals surface area contributed by atoms with Gasteiger partial charge in [-0.3, -0.25) is 0 Å². The molecule has 0 aromatic heterocycles. The summed E-state index contributed by atoms with van der Waals surface area (Å²) < 4.78 is 11.1. The molecule has 1 aliphatic heterocycles. The van der Waals surface area contributed by atoms with Gasteiger partial charge in [0.2, 0.25) is 0 Å². The van der Waals surface area contributed by atoms with Gasteiger partial charge in [-0.15, -0.1) is 0 Å². The lowest BCUT2D eigenvalue weighted by atomic mass is 9.97. The summed E-state index contributed by atoms with van der Waals surface area (Å²) in [4.78, 5) is 12.3. The zero-order valence-electron chi connectivity index (χ0n) is 14.5. The molecule has 5 heteroatoms. The van der Waals surface area contributed by atoms with Crippen molar-refractivity contribution in [1.82, 2.24) is 10.6 Å². The molecule has 1 aromatic rings. The summed E-state index contributed by atoms with van der Waals surface area (Å²) in [5, 5.41) is 6.21. The van der Waals surface area contributed by atoms with Gasteiger partial charge in [0.05, 0.1) is 13.2 Å². The van der Waals surface area contributed by atoms with E-state index in [2.05, 4.69) is 10.6 Å². The highest BCUT2D eigenvalue weighted by Crippen LogP contribution is 2.34. The third kappa shape index (κ3) is 4.34. The zero-order chi connectivity index (χ0) is 16.8. The number of urea groups is 1. The first kappa shape index (κ1) is 16.9. The second-order valence-corrected chi connectivity index (χ2v) is 6.82. The zero-order valence-corrected chi connectivity index (χ0v) is 14.5. The number of para-hydroxylation sites is 1. The van der Waals surface area contributed by atoms with Crippen LogP contribution in [0.25, 0.3) is 0 Å². The van der Waals surface area contributed by atoms with Crippen molar-refractivity contribution in [3.05, 3.63) is 23.8 Å². The highest BCUT2D eigenvalue weighted by Gasteiger charge is 2.24. The molecule has 1 aliphatic carbocycles. The lowest BCUT2D eigenvalue weighted by molar-refractivity contribution is 0.206. The van der Waals surface area contributed by atoms with E-state index in [9.17, 15) is 4.79 Å². The number of ether oxygens (including phenoxy) is 2. The third-order valence-electron chi connectivity index (χ3n) is 4.95. The Kier molecular flexibility index (Phi) is 5.83. The predicted molar refractivity (Wildman–Crippen MR) is 93.8 cm³/mol. The Morgan fingerprint density at radius 2 is 1.79 bits per heavy atom. The number of carbonyl (C=O) groups is 1. The van der Waals surface area contributed by atoms with Gasteiger partial charge in [-0.1, -0.05) is 44.2 Å². The summed E-state index contributed by atoms with van der Waals surface area (Å²) in [6.07, 6.45) is 9.29. The molecule has 0 saturated heterocycles. The molecule has 1 aromatic carbocycles. The van der Waals surface area contributed by atoms with Gasteiger partial charge in [-0.2, -0.15) is 0 Å². The second kappa shape index (κ2) is 8.27. The predicted octanol–water partition coefficient (Wildman–Crippen LogP) is 3.41. The quantitative estimate of drug-likeness (QED) is 0.892.